The van der Waals surface area contributed by atoms with E-state index in [1.807, 2.05) is 48.8 Å². The van der Waals surface area contributed by atoms with E-state index < -0.39 is 0 Å². The van der Waals surface area contributed by atoms with Gasteiger partial charge in [-0.25, -0.2) is 4.98 Å². The average Bonchev–Trinajstić information content (AvgIpc) is 3.68. The molecule has 0 fully saturated rings. The zero-order chi connectivity index (χ0) is 29.0. The Labute approximate surface area is 253 Å². The van der Waals surface area contributed by atoms with Crippen LogP contribution in [0.2, 0.25) is 0 Å². The van der Waals surface area contributed by atoms with Crippen molar-refractivity contribution in [2.24, 2.45) is 0 Å². The Hall–Kier alpha value is -6.07. The Morgan fingerprint density at radius 3 is 1.82 bits per heavy atom. The van der Waals surface area contributed by atoms with Gasteiger partial charge in [-0.15, -0.1) is 0 Å². The van der Waals surface area contributed by atoms with E-state index >= 15 is 0 Å². The fourth-order valence-corrected chi connectivity index (χ4v) is 6.44. The Morgan fingerprint density at radius 2 is 1.09 bits per heavy atom. The van der Waals surface area contributed by atoms with Crippen LogP contribution in [0.4, 0.5) is 0 Å². The molecule has 9 aromatic rings. The highest BCUT2D eigenvalue weighted by Crippen LogP contribution is 2.38. The SMILES string of the molecule is c1ccc(-n2ccc3c4cc5c(cc4ccc32)c2ccccc2n5-c2cc(-c3ccccn3)nc(-c3ccccn3)c2)cc1. The van der Waals surface area contributed by atoms with Crippen molar-refractivity contribution in [3.8, 4) is 34.2 Å². The Balaban J connectivity index is 1.35. The summed E-state index contributed by atoms with van der Waals surface area (Å²) in [6.07, 6.45) is 5.79. The topological polar surface area (TPSA) is 48.5 Å². The first-order chi connectivity index (χ1) is 21.8. The van der Waals surface area contributed by atoms with E-state index in [9.17, 15) is 0 Å². The van der Waals surface area contributed by atoms with Crippen molar-refractivity contribution in [1.29, 1.82) is 0 Å². The molecule has 44 heavy (non-hydrogen) atoms. The first-order valence-corrected chi connectivity index (χ1v) is 14.7. The maximum atomic E-state index is 5.03. The van der Waals surface area contributed by atoms with Gasteiger partial charge in [-0.1, -0.05) is 54.6 Å². The van der Waals surface area contributed by atoms with Gasteiger partial charge in [0.2, 0.25) is 0 Å². The highest BCUT2D eigenvalue weighted by molar-refractivity contribution is 6.18. The van der Waals surface area contributed by atoms with Crippen molar-refractivity contribution in [2.75, 3.05) is 0 Å². The van der Waals surface area contributed by atoms with Crippen molar-refractivity contribution < 1.29 is 0 Å². The van der Waals surface area contributed by atoms with Crippen LogP contribution < -0.4 is 0 Å². The molecule has 5 nitrogen and oxygen atoms in total. The smallest absolute Gasteiger partial charge is 0.0915 e. The molecule has 5 heteroatoms. The van der Waals surface area contributed by atoms with Crippen molar-refractivity contribution in [2.45, 2.75) is 0 Å². The van der Waals surface area contributed by atoms with Crippen LogP contribution >= 0.6 is 0 Å². The van der Waals surface area contributed by atoms with Crippen LogP contribution in [0.25, 0.3) is 77.6 Å². The van der Waals surface area contributed by atoms with Gasteiger partial charge in [0.25, 0.3) is 0 Å². The van der Waals surface area contributed by atoms with Gasteiger partial charge in [0.15, 0.2) is 0 Å². The molecule has 0 aliphatic heterocycles. The van der Waals surface area contributed by atoms with Gasteiger partial charge in [0.05, 0.1) is 45.0 Å². The largest absolute Gasteiger partial charge is 0.317 e. The number of hydrogen-bond donors (Lipinski definition) is 0. The minimum atomic E-state index is 0.804. The van der Waals surface area contributed by atoms with Crippen LogP contribution in [0.15, 0.2) is 152 Å². The number of benzene rings is 4. The van der Waals surface area contributed by atoms with Crippen molar-refractivity contribution >= 4 is 43.5 Å². The summed E-state index contributed by atoms with van der Waals surface area (Å²) in [7, 11) is 0. The van der Waals surface area contributed by atoms with Crippen LogP contribution in [0, 0.1) is 0 Å². The molecule has 0 N–H and O–H groups in total. The van der Waals surface area contributed by atoms with Gasteiger partial charge >= 0.3 is 0 Å². The minimum Gasteiger partial charge on any atom is -0.317 e. The standard InChI is InChI=1S/C39H25N5/c1-2-10-27(11-3-1)43-21-18-30-31-25-39-32(22-26(31)16-17-37(30)43)29-12-4-5-15-38(29)44(39)28-23-35(33-13-6-8-19-40-33)42-36(24-28)34-14-7-9-20-41-34/h1-25H. The third kappa shape index (κ3) is 3.83. The minimum absolute atomic E-state index is 0.804. The summed E-state index contributed by atoms with van der Waals surface area (Å²) in [5, 5.41) is 6.09. The predicted molar refractivity (Wildman–Crippen MR) is 179 cm³/mol. The van der Waals surface area contributed by atoms with Crippen molar-refractivity contribution in [3.63, 3.8) is 0 Å². The lowest BCUT2D eigenvalue weighted by Gasteiger charge is -2.13. The summed E-state index contributed by atoms with van der Waals surface area (Å²) in [5.41, 5.74) is 8.88. The number of nitrogens with zero attached hydrogens (tertiary/aromatic N) is 5. The summed E-state index contributed by atoms with van der Waals surface area (Å²) in [6, 6.07) is 46.7. The molecule has 0 amide bonds. The second kappa shape index (κ2) is 9.75. The number of fused-ring (bicyclic) bond motifs is 6. The molecule has 0 aliphatic carbocycles. The molecule has 0 unspecified atom stereocenters. The van der Waals surface area contributed by atoms with Crippen molar-refractivity contribution in [1.82, 2.24) is 24.1 Å². The lowest BCUT2D eigenvalue weighted by atomic mass is 10.0. The Bertz CT molecular complexity index is 2420. The molecule has 5 heterocycles. The highest BCUT2D eigenvalue weighted by atomic mass is 15.0. The van der Waals surface area contributed by atoms with Gasteiger partial charge in [0.1, 0.15) is 0 Å². The maximum Gasteiger partial charge on any atom is 0.0915 e. The Morgan fingerprint density at radius 1 is 0.409 bits per heavy atom. The molecule has 5 aromatic heterocycles. The Kier molecular flexibility index (Phi) is 5.43. The molecular formula is C39H25N5. The quantitative estimate of drug-likeness (QED) is 0.214. The monoisotopic (exact) mass is 563 g/mol. The molecule has 0 spiro atoms. The second-order valence-electron chi connectivity index (χ2n) is 11.0. The van der Waals surface area contributed by atoms with Gasteiger partial charge < -0.3 is 9.13 Å². The lowest BCUT2D eigenvalue weighted by Crippen LogP contribution is -1.99. The molecule has 0 radical (unpaired) electrons. The summed E-state index contributed by atoms with van der Waals surface area (Å²) in [4.78, 5) is 14.3. The fourth-order valence-electron chi connectivity index (χ4n) is 6.44. The zero-order valence-corrected chi connectivity index (χ0v) is 23.7. The molecule has 0 bridgehead atoms. The van der Waals surface area contributed by atoms with Gasteiger partial charge in [0, 0.05) is 40.4 Å². The van der Waals surface area contributed by atoms with Crippen LogP contribution in [0.3, 0.4) is 0 Å². The normalized spacial score (nSPS) is 11.6. The van der Waals surface area contributed by atoms with Crippen LogP contribution in [0.5, 0.6) is 0 Å². The number of hydrogen-bond acceptors (Lipinski definition) is 3. The van der Waals surface area contributed by atoms with E-state index in [0.717, 1.165) is 45.2 Å². The molecule has 0 aliphatic rings. The molecule has 0 saturated carbocycles. The number of pyridine rings is 3. The van der Waals surface area contributed by atoms with Crippen LogP contribution in [0.1, 0.15) is 0 Å². The van der Waals surface area contributed by atoms with Crippen LogP contribution in [-0.2, 0) is 0 Å². The van der Waals surface area contributed by atoms with Gasteiger partial charge in [-0.3, -0.25) is 9.97 Å². The molecule has 9 rings (SSSR count). The van der Waals surface area contributed by atoms with E-state index in [2.05, 4.69) is 122 Å². The van der Waals surface area contributed by atoms with E-state index in [0.29, 0.717) is 0 Å². The average molecular weight is 564 g/mol. The molecule has 206 valence electrons. The molecular weight excluding hydrogens is 538 g/mol. The van der Waals surface area contributed by atoms with Crippen molar-refractivity contribution in [3.05, 3.63) is 152 Å². The summed E-state index contributed by atoms with van der Waals surface area (Å²) in [5.74, 6) is 0. The van der Waals surface area contributed by atoms with E-state index in [4.69, 9.17) is 4.98 Å². The summed E-state index contributed by atoms with van der Waals surface area (Å²) in [6.45, 7) is 0. The highest BCUT2D eigenvalue weighted by Gasteiger charge is 2.17. The fraction of sp³-hybridized carbons (Fsp3) is 0. The summed E-state index contributed by atoms with van der Waals surface area (Å²) < 4.78 is 4.62. The molecule has 4 aromatic carbocycles. The number of aromatic nitrogens is 5. The third-order valence-corrected chi connectivity index (χ3v) is 8.44. The zero-order valence-electron chi connectivity index (χ0n) is 23.7. The third-order valence-electron chi connectivity index (χ3n) is 8.44. The number of para-hydroxylation sites is 2. The lowest BCUT2D eigenvalue weighted by molar-refractivity contribution is 1.13. The first-order valence-electron chi connectivity index (χ1n) is 14.7. The van der Waals surface area contributed by atoms with Crippen LogP contribution in [-0.4, -0.2) is 24.1 Å². The van der Waals surface area contributed by atoms with Gasteiger partial charge in [-0.2, -0.15) is 0 Å². The van der Waals surface area contributed by atoms with E-state index in [-0.39, 0.29) is 0 Å². The second-order valence-corrected chi connectivity index (χ2v) is 11.0. The molecule has 0 saturated heterocycles. The number of rotatable bonds is 4. The molecule has 0 atom stereocenters. The van der Waals surface area contributed by atoms with E-state index in [1.165, 1.54) is 32.4 Å². The summed E-state index contributed by atoms with van der Waals surface area (Å²) >= 11 is 0. The first kappa shape index (κ1) is 24.5. The predicted octanol–water partition coefficient (Wildman–Crippen LogP) is 9.40. The maximum absolute atomic E-state index is 5.03. The van der Waals surface area contributed by atoms with Gasteiger partial charge in [-0.05, 0) is 89.6 Å². The van der Waals surface area contributed by atoms with E-state index in [1.54, 1.807) is 0 Å².